The van der Waals surface area contributed by atoms with Crippen molar-refractivity contribution in [3.05, 3.63) is 47.8 Å². The van der Waals surface area contributed by atoms with E-state index in [1.807, 2.05) is 26.0 Å². The van der Waals surface area contributed by atoms with Gasteiger partial charge in [0.1, 0.15) is 17.8 Å². The molecule has 6 nitrogen and oxygen atoms in total. The average molecular weight is 276 g/mol. The van der Waals surface area contributed by atoms with Gasteiger partial charge in [0.15, 0.2) is 0 Å². The van der Waals surface area contributed by atoms with E-state index in [4.69, 9.17) is 8.83 Å². The van der Waals surface area contributed by atoms with Crippen LogP contribution in [-0.4, -0.2) is 18.4 Å². The van der Waals surface area contributed by atoms with Gasteiger partial charge in [0, 0.05) is 0 Å². The van der Waals surface area contributed by atoms with Crippen molar-refractivity contribution in [1.29, 1.82) is 0 Å². The largest absolute Gasteiger partial charge is 0.472 e. The second-order valence-corrected chi connectivity index (χ2v) is 4.43. The summed E-state index contributed by atoms with van der Waals surface area (Å²) >= 11 is 0. The second-order valence-electron chi connectivity index (χ2n) is 4.43. The first-order valence-electron chi connectivity index (χ1n) is 6.22. The number of carbonyl (C=O) groups excluding carboxylic acids is 2. The van der Waals surface area contributed by atoms with Crippen LogP contribution in [0.15, 0.2) is 39.6 Å². The van der Waals surface area contributed by atoms with Crippen molar-refractivity contribution in [3.8, 4) is 0 Å². The molecule has 0 saturated heterocycles. The van der Waals surface area contributed by atoms with Crippen LogP contribution in [0.2, 0.25) is 0 Å². The van der Waals surface area contributed by atoms with E-state index in [9.17, 15) is 9.59 Å². The van der Waals surface area contributed by atoms with Crippen molar-refractivity contribution in [2.24, 2.45) is 0 Å². The molecular weight excluding hydrogens is 260 g/mol. The number of hydrogen-bond donors (Lipinski definition) is 2. The lowest BCUT2D eigenvalue weighted by molar-refractivity contribution is -0.120. The lowest BCUT2D eigenvalue weighted by atomic mass is 10.2. The lowest BCUT2D eigenvalue weighted by Gasteiger charge is -2.11. The first-order chi connectivity index (χ1) is 9.56. The second kappa shape index (κ2) is 6.10. The zero-order valence-corrected chi connectivity index (χ0v) is 11.3. The van der Waals surface area contributed by atoms with Gasteiger partial charge in [-0.25, -0.2) is 0 Å². The van der Waals surface area contributed by atoms with Gasteiger partial charge >= 0.3 is 0 Å². The SMILES string of the molecule is Cc1ccc([C@H](C)NC(=O)CNC(=O)c2ccoc2)o1. The molecule has 0 saturated carbocycles. The normalized spacial score (nSPS) is 11.9. The van der Waals surface area contributed by atoms with Gasteiger partial charge in [0.05, 0.1) is 24.4 Å². The van der Waals surface area contributed by atoms with Crippen LogP contribution in [0.25, 0.3) is 0 Å². The summed E-state index contributed by atoms with van der Waals surface area (Å²) in [5, 5.41) is 5.24. The van der Waals surface area contributed by atoms with Crippen molar-refractivity contribution in [2.75, 3.05) is 6.54 Å². The Kier molecular flexibility index (Phi) is 4.24. The molecule has 0 bridgehead atoms. The van der Waals surface area contributed by atoms with E-state index in [0.29, 0.717) is 11.3 Å². The predicted molar refractivity (Wildman–Crippen MR) is 71.0 cm³/mol. The van der Waals surface area contributed by atoms with Gasteiger partial charge in [-0.05, 0) is 32.0 Å². The molecule has 2 N–H and O–H groups in total. The minimum absolute atomic E-state index is 0.103. The number of nitrogens with one attached hydrogen (secondary N) is 2. The zero-order chi connectivity index (χ0) is 14.5. The Morgan fingerprint density at radius 3 is 2.70 bits per heavy atom. The number of aryl methyl sites for hydroxylation is 1. The van der Waals surface area contributed by atoms with Gasteiger partial charge in [0.2, 0.25) is 5.91 Å². The molecule has 2 aromatic rings. The maximum absolute atomic E-state index is 11.7. The Morgan fingerprint density at radius 1 is 1.30 bits per heavy atom. The van der Waals surface area contributed by atoms with Crippen LogP contribution in [0.3, 0.4) is 0 Å². The summed E-state index contributed by atoms with van der Waals surface area (Å²) in [6, 6.07) is 4.92. The standard InChI is InChI=1S/C14H16N2O4/c1-9-3-4-12(20-9)10(2)16-13(17)7-15-14(18)11-5-6-19-8-11/h3-6,8,10H,7H2,1-2H3,(H,15,18)(H,16,17)/t10-/m0/s1. The fraction of sp³-hybridized carbons (Fsp3) is 0.286. The van der Waals surface area contributed by atoms with E-state index in [1.165, 1.54) is 18.6 Å². The topological polar surface area (TPSA) is 84.5 Å². The quantitative estimate of drug-likeness (QED) is 0.872. The summed E-state index contributed by atoms with van der Waals surface area (Å²) in [7, 11) is 0. The van der Waals surface area contributed by atoms with E-state index in [1.54, 1.807) is 0 Å². The third kappa shape index (κ3) is 3.50. The zero-order valence-electron chi connectivity index (χ0n) is 11.3. The van der Waals surface area contributed by atoms with Crippen molar-refractivity contribution in [3.63, 3.8) is 0 Å². The Balaban J connectivity index is 1.79. The van der Waals surface area contributed by atoms with Gasteiger partial charge < -0.3 is 19.5 Å². The predicted octanol–water partition coefficient (Wildman–Crippen LogP) is 1.79. The van der Waals surface area contributed by atoms with Crippen LogP contribution >= 0.6 is 0 Å². The molecule has 2 aromatic heterocycles. The maximum Gasteiger partial charge on any atom is 0.254 e. The summed E-state index contributed by atoms with van der Waals surface area (Å²) in [6.07, 6.45) is 2.72. The average Bonchev–Trinajstić information content (AvgIpc) is 3.06. The van der Waals surface area contributed by atoms with Gasteiger partial charge in [-0.15, -0.1) is 0 Å². The maximum atomic E-state index is 11.7. The van der Waals surface area contributed by atoms with Crippen molar-refractivity contribution in [2.45, 2.75) is 19.9 Å². The van der Waals surface area contributed by atoms with Crippen LogP contribution in [0, 0.1) is 6.92 Å². The van der Waals surface area contributed by atoms with E-state index < -0.39 is 0 Å². The fourth-order valence-electron chi connectivity index (χ4n) is 1.71. The molecule has 2 rings (SSSR count). The van der Waals surface area contributed by atoms with Crippen LogP contribution in [0.4, 0.5) is 0 Å². The number of amides is 2. The summed E-state index contributed by atoms with van der Waals surface area (Å²) < 4.78 is 10.2. The molecule has 6 heteroatoms. The molecule has 0 radical (unpaired) electrons. The van der Waals surface area contributed by atoms with E-state index >= 15 is 0 Å². The minimum atomic E-state index is -0.351. The highest BCUT2D eigenvalue weighted by Crippen LogP contribution is 2.15. The molecule has 0 aliphatic rings. The molecule has 20 heavy (non-hydrogen) atoms. The van der Waals surface area contributed by atoms with Gasteiger partial charge in [-0.2, -0.15) is 0 Å². The summed E-state index contributed by atoms with van der Waals surface area (Å²) in [5.41, 5.74) is 0.382. The third-order valence-electron chi connectivity index (χ3n) is 2.76. The molecule has 106 valence electrons. The first kappa shape index (κ1) is 13.9. The molecule has 0 aliphatic heterocycles. The number of carbonyl (C=O) groups is 2. The summed E-state index contributed by atoms with van der Waals surface area (Å²) in [5.74, 6) is 0.824. The molecule has 0 unspecified atom stereocenters. The third-order valence-corrected chi connectivity index (χ3v) is 2.76. The number of rotatable bonds is 5. The van der Waals surface area contributed by atoms with Gasteiger partial charge in [-0.3, -0.25) is 9.59 Å². The molecule has 0 aliphatic carbocycles. The van der Waals surface area contributed by atoms with E-state index in [0.717, 1.165) is 5.76 Å². The molecule has 2 heterocycles. The molecule has 0 aromatic carbocycles. The molecule has 1 atom stereocenters. The fourth-order valence-corrected chi connectivity index (χ4v) is 1.71. The molecule has 2 amide bonds. The van der Waals surface area contributed by atoms with Gasteiger partial charge in [0.25, 0.3) is 5.91 Å². The monoisotopic (exact) mass is 276 g/mol. The van der Waals surface area contributed by atoms with Crippen LogP contribution in [0.5, 0.6) is 0 Å². The number of hydrogen-bond acceptors (Lipinski definition) is 4. The van der Waals surface area contributed by atoms with Crippen LogP contribution in [-0.2, 0) is 4.79 Å². The lowest BCUT2D eigenvalue weighted by Crippen LogP contribution is -2.37. The first-order valence-corrected chi connectivity index (χ1v) is 6.22. The number of furan rings is 2. The minimum Gasteiger partial charge on any atom is -0.472 e. The van der Waals surface area contributed by atoms with Crippen molar-refractivity contribution >= 4 is 11.8 Å². The summed E-state index contributed by atoms with van der Waals surface area (Å²) in [4.78, 5) is 23.3. The van der Waals surface area contributed by atoms with Crippen molar-refractivity contribution < 1.29 is 18.4 Å². The molecular formula is C14H16N2O4. The Bertz CT molecular complexity index is 586. The smallest absolute Gasteiger partial charge is 0.254 e. The Labute approximate surface area is 116 Å². The highest BCUT2D eigenvalue weighted by molar-refractivity contribution is 5.96. The van der Waals surface area contributed by atoms with E-state index in [-0.39, 0.29) is 24.4 Å². The Morgan fingerprint density at radius 2 is 2.10 bits per heavy atom. The molecule has 0 fully saturated rings. The van der Waals surface area contributed by atoms with E-state index in [2.05, 4.69) is 10.6 Å². The van der Waals surface area contributed by atoms with Crippen LogP contribution in [0.1, 0.15) is 34.8 Å². The molecule has 0 spiro atoms. The Hall–Kier alpha value is -2.50. The summed E-state index contributed by atoms with van der Waals surface area (Å²) in [6.45, 7) is 3.55. The van der Waals surface area contributed by atoms with Gasteiger partial charge in [-0.1, -0.05) is 0 Å². The highest BCUT2D eigenvalue weighted by atomic mass is 16.3. The highest BCUT2D eigenvalue weighted by Gasteiger charge is 2.14. The van der Waals surface area contributed by atoms with Crippen LogP contribution < -0.4 is 10.6 Å². The van der Waals surface area contributed by atoms with Crippen molar-refractivity contribution in [1.82, 2.24) is 10.6 Å².